The zero-order chi connectivity index (χ0) is 12.5. The van der Waals surface area contributed by atoms with Gasteiger partial charge in [-0.15, -0.1) is 0 Å². The average Bonchev–Trinajstić information content (AvgIpc) is 2.36. The quantitative estimate of drug-likeness (QED) is 0.715. The maximum Gasteiger partial charge on any atom is 0.213 e. The monoisotopic (exact) mass is 239 g/mol. The maximum absolute atomic E-state index is 5.58. The molecule has 5 nitrogen and oxygen atoms in total. The fourth-order valence-electron chi connectivity index (χ4n) is 1.56. The van der Waals surface area contributed by atoms with Crippen LogP contribution in [0.4, 0.5) is 0 Å². The Morgan fingerprint density at radius 1 is 1.29 bits per heavy atom. The summed E-state index contributed by atoms with van der Waals surface area (Å²) in [7, 11) is 3.32. The third kappa shape index (κ3) is 5.12. The largest absolute Gasteiger partial charge is 0.481 e. The molecular weight excluding hydrogens is 218 g/mol. The normalized spacial score (nSPS) is 10.8. The molecule has 0 radical (unpaired) electrons. The van der Waals surface area contributed by atoms with E-state index in [0.717, 1.165) is 25.3 Å². The predicted molar refractivity (Wildman–Crippen MR) is 67.0 cm³/mol. The molecule has 1 aromatic heterocycles. The van der Waals surface area contributed by atoms with Crippen LogP contribution < -0.4 is 10.5 Å². The lowest BCUT2D eigenvalue weighted by Crippen LogP contribution is -2.32. The van der Waals surface area contributed by atoms with Gasteiger partial charge in [-0.25, -0.2) is 4.98 Å². The Labute approximate surface area is 103 Å². The molecule has 0 saturated carbocycles. The van der Waals surface area contributed by atoms with E-state index < -0.39 is 0 Å². The molecule has 0 amide bonds. The van der Waals surface area contributed by atoms with Crippen LogP contribution in [0.25, 0.3) is 0 Å². The van der Waals surface area contributed by atoms with Crippen LogP contribution in [0, 0.1) is 0 Å². The van der Waals surface area contributed by atoms with E-state index in [1.807, 2.05) is 18.2 Å². The van der Waals surface area contributed by atoms with Crippen molar-refractivity contribution in [1.82, 2.24) is 9.88 Å². The Morgan fingerprint density at radius 3 is 2.76 bits per heavy atom. The van der Waals surface area contributed by atoms with Gasteiger partial charge in [0.2, 0.25) is 5.88 Å². The zero-order valence-corrected chi connectivity index (χ0v) is 10.6. The van der Waals surface area contributed by atoms with Crippen molar-refractivity contribution in [3.8, 4) is 5.88 Å². The topological polar surface area (TPSA) is 60.6 Å². The lowest BCUT2D eigenvalue weighted by atomic mass is 10.3. The van der Waals surface area contributed by atoms with Crippen molar-refractivity contribution in [3.63, 3.8) is 0 Å². The molecule has 0 bridgehead atoms. The molecule has 17 heavy (non-hydrogen) atoms. The molecule has 1 rings (SSSR count). The van der Waals surface area contributed by atoms with Crippen molar-refractivity contribution in [2.45, 2.75) is 6.54 Å². The van der Waals surface area contributed by atoms with Crippen LogP contribution in [-0.2, 0) is 11.3 Å². The Bertz CT molecular complexity index is 320. The van der Waals surface area contributed by atoms with Gasteiger partial charge in [0, 0.05) is 39.4 Å². The van der Waals surface area contributed by atoms with Crippen LogP contribution >= 0.6 is 0 Å². The van der Waals surface area contributed by atoms with Crippen LogP contribution in [0.15, 0.2) is 18.2 Å². The lowest BCUT2D eigenvalue weighted by Gasteiger charge is -2.20. The van der Waals surface area contributed by atoms with Gasteiger partial charge in [0.05, 0.1) is 19.4 Å². The minimum Gasteiger partial charge on any atom is -0.481 e. The zero-order valence-electron chi connectivity index (χ0n) is 10.6. The average molecular weight is 239 g/mol. The molecule has 0 unspecified atom stereocenters. The molecule has 5 heteroatoms. The van der Waals surface area contributed by atoms with Gasteiger partial charge in [-0.1, -0.05) is 6.07 Å². The standard InChI is InChI=1S/C12H21N3O2/c1-16-9-8-15(7-6-13)10-11-4-3-5-12(14-11)17-2/h3-5H,6-10,13H2,1-2H3. The molecular formula is C12H21N3O2. The lowest BCUT2D eigenvalue weighted by molar-refractivity contribution is 0.145. The van der Waals surface area contributed by atoms with Gasteiger partial charge in [0.1, 0.15) is 0 Å². The van der Waals surface area contributed by atoms with E-state index in [2.05, 4.69) is 9.88 Å². The Balaban J connectivity index is 2.57. The van der Waals surface area contributed by atoms with Crippen molar-refractivity contribution in [2.75, 3.05) is 40.5 Å². The second kappa shape index (κ2) is 8.00. The molecule has 0 saturated heterocycles. The molecule has 0 aromatic carbocycles. The summed E-state index contributed by atoms with van der Waals surface area (Å²) >= 11 is 0. The van der Waals surface area contributed by atoms with Crippen LogP contribution in [0.1, 0.15) is 5.69 Å². The number of aromatic nitrogens is 1. The van der Waals surface area contributed by atoms with Gasteiger partial charge in [-0.2, -0.15) is 0 Å². The SMILES string of the molecule is COCCN(CCN)Cc1cccc(OC)n1. The molecule has 2 N–H and O–H groups in total. The molecule has 1 aromatic rings. The third-order valence-electron chi connectivity index (χ3n) is 2.43. The number of ether oxygens (including phenoxy) is 2. The smallest absolute Gasteiger partial charge is 0.213 e. The minimum atomic E-state index is 0.633. The number of nitrogens with two attached hydrogens (primary N) is 1. The van der Waals surface area contributed by atoms with Crippen LogP contribution in [0.5, 0.6) is 5.88 Å². The molecule has 0 fully saturated rings. The van der Waals surface area contributed by atoms with E-state index in [1.54, 1.807) is 14.2 Å². The van der Waals surface area contributed by atoms with Gasteiger partial charge in [0.25, 0.3) is 0 Å². The molecule has 0 aliphatic carbocycles. The molecule has 1 heterocycles. The third-order valence-corrected chi connectivity index (χ3v) is 2.43. The fourth-order valence-corrected chi connectivity index (χ4v) is 1.56. The van der Waals surface area contributed by atoms with Gasteiger partial charge in [0.15, 0.2) is 0 Å². The van der Waals surface area contributed by atoms with Crippen LogP contribution in [-0.4, -0.2) is 50.3 Å². The first kappa shape index (κ1) is 13.9. The van der Waals surface area contributed by atoms with E-state index in [1.165, 1.54) is 0 Å². The first-order valence-corrected chi connectivity index (χ1v) is 5.71. The Hall–Kier alpha value is -1.17. The number of rotatable bonds is 8. The second-order valence-corrected chi connectivity index (χ2v) is 3.73. The highest BCUT2D eigenvalue weighted by Crippen LogP contribution is 2.08. The summed E-state index contributed by atoms with van der Waals surface area (Å²) in [5.74, 6) is 0.641. The fraction of sp³-hybridized carbons (Fsp3) is 0.583. The van der Waals surface area contributed by atoms with Crippen molar-refractivity contribution in [3.05, 3.63) is 23.9 Å². The minimum absolute atomic E-state index is 0.633. The molecule has 0 spiro atoms. The van der Waals surface area contributed by atoms with Gasteiger partial charge >= 0.3 is 0 Å². The predicted octanol–water partition coefficient (Wildman–Crippen LogP) is 0.497. The summed E-state index contributed by atoms with van der Waals surface area (Å²) in [6.07, 6.45) is 0. The highest BCUT2D eigenvalue weighted by molar-refractivity contribution is 5.15. The maximum atomic E-state index is 5.58. The van der Waals surface area contributed by atoms with E-state index in [-0.39, 0.29) is 0 Å². The van der Waals surface area contributed by atoms with E-state index in [0.29, 0.717) is 19.0 Å². The summed E-state index contributed by atoms with van der Waals surface area (Å²) in [6, 6.07) is 5.77. The van der Waals surface area contributed by atoms with Crippen LogP contribution in [0.2, 0.25) is 0 Å². The number of nitrogens with zero attached hydrogens (tertiary/aromatic N) is 2. The molecule has 0 aliphatic heterocycles. The highest BCUT2D eigenvalue weighted by atomic mass is 16.5. The van der Waals surface area contributed by atoms with Crippen molar-refractivity contribution >= 4 is 0 Å². The Morgan fingerprint density at radius 2 is 2.12 bits per heavy atom. The summed E-state index contributed by atoms with van der Waals surface area (Å²) in [5, 5.41) is 0. The van der Waals surface area contributed by atoms with Gasteiger partial charge < -0.3 is 15.2 Å². The number of hydrogen-bond donors (Lipinski definition) is 1. The number of hydrogen-bond acceptors (Lipinski definition) is 5. The summed E-state index contributed by atoms with van der Waals surface area (Å²) in [4.78, 5) is 6.59. The number of pyridine rings is 1. The first-order chi connectivity index (χ1) is 8.30. The first-order valence-electron chi connectivity index (χ1n) is 5.71. The van der Waals surface area contributed by atoms with E-state index >= 15 is 0 Å². The molecule has 0 aliphatic rings. The van der Waals surface area contributed by atoms with Crippen molar-refractivity contribution in [2.24, 2.45) is 5.73 Å². The molecule has 96 valence electrons. The van der Waals surface area contributed by atoms with Gasteiger partial charge in [-0.05, 0) is 6.07 Å². The summed E-state index contributed by atoms with van der Waals surface area (Å²) in [5.41, 5.74) is 6.56. The van der Waals surface area contributed by atoms with Crippen molar-refractivity contribution in [1.29, 1.82) is 0 Å². The summed E-state index contributed by atoms with van der Waals surface area (Å²) < 4.78 is 10.2. The Kier molecular flexibility index (Phi) is 6.54. The molecule has 0 atom stereocenters. The van der Waals surface area contributed by atoms with Crippen molar-refractivity contribution < 1.29 is 9.47 Å². The summed E-state index contributed by atoms with van der Waals surface area (Å²) in [6.45, 7) is 3.78. The number of methoxy groups -OCH3 is 2. The van der Waals surface area contributed by atoms with Gasteiger partial charge in [-0.3, -0.25) is 4.90 Å². The van der Waals surface area contributed by atoms with Crippen LogP contribution in [0.3, 0.4) is 0 Å². The second-order valence-electron chi connectivity index (χ2n) is 3.73. The highest BCUT2D eigenvalue weighted by Gasteiger charge is 2.06. The van der Waals surface area contributed by atoms with E-state index in [4.69, 9.17) is 15.2 Å². The van der Waals surface area contributed by atoms with E-state index in [9.17, 15) is 0 Å².